The Morgan fingerprint density at radius 3 is 3.00 bits per heavy atom. The number of rotatable bonds is 4. The summed E-state index contributed by atoms with van der Waals surface area (Å²) >= 11 is 0. The maximum atomic E-state index is 12.4. The van der Waals surface area contributed by atoms with Gasteiger partial charge in [-0.05, 0) is 39.0 Å². The third-order valence-electron chi connectivity index (χ3n) is 3.42. The van der Waals surface area contributed by atoms with E-state index in [9.17, 15) is 4.79 Å². The highest BCUT2D eigenvalue weighted by molar-refractivity contribution is 5.98. The van der Waals surface area contributed by atoms with Crippen LogP contribution < -0.4 is 0 Å². The van der Waals surface area contributed by atoms with Gasteiger partial charge in [0, 0.05) is 13.2 Å². The van der Waals surface area contributed by atoms with Gasteiger partial charge in [0.25, 0.3) is 5.91 Å². The Hall–Kier alpha value is -2.17. The van der Waals surface area contributed by atoms with E-state index in [1.165, 1.54) is 0 Å². The summed E-state index contributed by atoms with van der Waals surface area (Å²) in [4.78, 5) is 18.4. The van der Waals surface area contributed by atoms with Crippen molar-refractivity contribution >= 4 is 11.6 Å². The molecular formula is C15H20N4O. The number of hydrogen-bond donors (Lipinski definition) is 0. The zero-order chi connectivity index (χ0) is 14.7. The molecule has 1 aliphatic heterocycles. The molecule has 1 amide bonds. The largest absolute Gasteiger partial charge is 0.311 e. The molecule has 0 N–H and O–H groups in total. The van der Waals surface area contributed by atoms with E-state index in [1.807, 2.05) is 46.0 Å². The standard InChI is InChI=1S/C15H20N4O/c1-5-7-11(2)17-18(4)12(3)19-10-14-13(15(19)20)8-6-9-16-14/h5-9,12H,10H2,1-4H3/b7-5-,17-11+. The van der Waals surface area contributed by atoms with Gasteiger partial charge in [0.2, 0.25) is 0 Å². The highest BCUT2D eigenvalue weighted by Gasteiger charge is 2.32. The minimum Gasteiger partial charge on any atom is -0.311 e. The van der Waals surface area contributed by atoms with Crippen LogP contribution in [0.15, 0.2) is 35.6 Å². The smallest absolute Gasteiger partial charge is 0.257 e. The first kappa shape index (κ1) is 14.2. The quantitative estimate of drug-likeness (QED) is 0.624. The Labute approximate surface area is 119 Å². The lowest BCUT2D eigenvalue weighted by molar-refractivity contribution is 0.0474. The van der Waals surface area contributed by atoms with Crippen molar-refractivity contribution in [2.45, 2.75) is 33.5 Å². The lowest BCUT2D eigenvalue weighted by Gasteiger charge is -2.30. The molecule has 0 radical (unpaired) electrons. The summed E-state index contributed by atoms with van der Waals surface area (Å²) in [5, 5.41) is 6.26. The molecule has 5 nitrogen and oxygen atoms in total. The number of pyridine rings is 1. The van der Waals surface area contributed by atoms with Crippen molar-refractivity contribution in [3.05, 3.63) is 41.7 Å². The first-order valence-corrected chi connectivity index (χ1v) is 6.70. The van der Waals surface area contributed by atoms with Gasteiger partial charge in [-0.25, -0.2) is 0 Å². The SMILES string of the molecule is C/C=C\C(C)=N\N(C)C(C)N1Cc2ncccc2C1=O. The Bertz CT molecular complexity index is 565. The van der Waals surface area contributed by atoms with Gasteiger partial charge >= 0.3 is 0 Å². The van der Waals surface area contributed by atoms with E-state index in [0.717, 1.165) is 11.4 Å². The van der Waals surface area contributed by atoms with Crippen LogP contribution in [0.25, 0.3) is 0 Å². The molecular weight excluding hydrogens is 252 g/mol. The number of allylic oxidation sites excluding steroid dienone is 2. The van der Waals surface area contributed by atoms with Crippen molar-refractivity contribution in [3.8, 4) is 0 Å². The Kier molecular flexibility index (Phi) is 4.17. The lowest BCUT2D eigenvalue weighted by Crippen LogP contribution is -2.42. The zero-order valence-corrected chi connectivity index (χ0v) is 12.4. The van der Waals surface area contributed by atoms with E-state index in [0.29, 0.717) is 12.1 Å². The van der Waals surface area contributed by atoms with Crippen molar-refractivity contribution < 1.29 is 4.79 Å². The molecule has 20 heavy (non-hydrogen) atoms. The number of hydrogen-bond acceptors (Lipinski definition) is 4. The zero-order valence-electron chi connectivity index (χ0n) is 12.4. The minimum atomic E-state index is -0.114. The molecule has 1 unspecified atom stereocenters. The van der Waals surface area contributed by atoms with E-state index in [1.54, 1.807) is 22.2 Å². The highest BCUT2D eigenvalue weighted by Crippen LogP contribution is 2.23. The monoisotopic (exact) mass is 272 g/mol. The molecule has 0 aromatic carbocycles. The van der Waals surface area contributed by atoms with Crippen LogP contribution in [0.1, 0.15) is 36.8 Å². The van der Waals surface area contributed by atoms with Crippen molar-refractivity contribution in [1.82, 2.24) is 14.9 Å². The van der Waals surface area contributed by atoms with Gasteiger partial charge in [0.1, 0.15) is 6.17 Å². The fourth-order valence-electron chi connectivity index (χ4n) is 2.26. The third kappa shape index (κ3) is 2.71. The molecule has 1 aromatic rings. The average molecular weight is 272 g/mol. The molecule has 5 heteroatoms. The second-order valence-corrected chi connectivity index (χ2v) is 4.88. The molecule has 0 saturated heterocycles. The van der Waals surface area contributed by atoms with Crippen molar-refractivity contribution in [2.24, 2.45) is 5.10 Å². The Morgan fingerprint density at radius 1 is 1.60 bits per heavy atom. The summed E-state index contributed by atoms with van der Waals surface area (Å²) in [5.41, 5.74) is 2.44. The second kappa shape index (κ2) is 5.86. The number of carbonyl (C=O) groups excluding carboxylic acids is 1. The van der Waals surface area contributed by atoms with Gasteiger partial charge in [-0.15, -0.1) is 0 Å². The van der Waals surface area contributed by atoms with Gasteiger partial charge in [-0.1, -0.05) is 6.08 Å². The highest BCUT2D eigenvalue weighted by atomic mass is 16.2. The molecule has 1 aromatic heterocycles. The molecule has 1 atom stereocenters. The van der Waals surface area contributed by atoms with Crippen LogP contribution in [0.5, 0.6) is 0 Å². The third-order valence-corrected chi connectivity index (χ3v) is 3.42. The van der Waals surface area contributed by atoms with Crippen molar-refractivity contribution in [2.75, 3.05) is 7.05 Å². The topological polar surface area (TPSA) is 48.8 Å². The summed E-state index contributed by atoms with van der Waals surface area (Å²) < 4.78 is 0. The molecule has 2 heterocycles. The van der Waals surface area contributed by atoms with E-state index in [2.05, 4.69) is 10.1 Å². The van der Waals surface area contributed by atoms with Crippen LogP contribution in [-0.4, -0.2) is 39.7 Å². The minimum absolute atomic E-state index is 0.0198. The van der Waals surface area contributed by atoms with Crippen LogP contribution >= 0.6 is 0 Å². The van der Waals surface area contributed by atoms with Gasteiger partial charge < -0.3 is 4.90 Å². The predicted octanol–water partition coefficient (Wildman–Crippen LogP) is 2.27. The summed E-state index contributed by atoms with van der Waals surface area (Å²) in [6.07, 6.45) is 5.49. The number of aromatic nitrogens is 1. The molecule has 0 fully saturated rings. The second-order valence-electron chi connectivity index (χ2n) is 4.88. The van der Waals surface area contributed by atoms with Crippen molar-refractivity contribution in [3.63, 3.8) is 0 Å². The molecule has 0 bridgehead atoms. The summed E-state index contributed by atoms with van der Waals surface area (Å²) in [6, 6.07) is 3.62. The van der Waals surface area contributed by atoms with Gasteiger partial charge in [0.15, 0.2) is 0 Å². The summed E-state index contributed by atoms with van der Waals surface area (Å²) in [7, 11) is 1.88. The first-order chi connectivity index (χ1) is 9.54. The fourth-order valence-corrected chi connectivity index (χ4v) is 2.26. The van der Waals surface area contributed by atoms with Crippen LogP contribution in [0, 0.1) is 0 Å². The van der Waals surface area contributed by atoms with Gasteiger partial charge in [-0.3, -0.25) is 14.8 Å². The van der Waals surface area contributed by atoms with Crippen LogP contribution in [-0.2, 0) is 6.54 Å². The number of hydrazone groups is 1. The maximum Gasteiger partial charge on any atom is 0.257 e. The number of fused-ring (bicyclic) bond motifs is 1. The van der Waals surface area contributed by atoms with Crippen LogP contribution in [0.4, 0.5) is 0 Å². The summed E-state index contributed by atoms with van der Waals surface area (Å²) in [5.74, 6) is 0.0198. The molecule has 0 saturated carbocycles. The molecule has 2 rings (SSSR count). The molecule has 0 spiro atoms. The predicted molar refractivity (Wildman–Crippen MR) is 79.3 cm³/mol. The number of carbonyl (C=O) groups is 1. The van der Waals surface area contributed by atoms with E-state index < -0.39 is 0 Å². The fraction of sp³-hybridized carbons (Fsp3) is 0.400. The van der Waals surface area contributed by atoms with E-state index in [4.69, 9.17) is 0 Å². The summed E-state index contributed by atoms with van der Waals surface area (Å²) in [6.45, 7) is 6.40. The molecule has 1 aliphatic rings. The van der Waals surface area contributed by atoms with Gasteiger partial charge in [0.05, 0.1) is 23.5 Å². The average Bonchev–Trinajstić information content (AvgIpc) is 2.76. The maximum absolute atomic E-state index is 12.4. The van der Waals surface area contributed by atoms with E-state index >= 15 is 0 Å². The molecule has 0 aliphatic carbocycles. The lowest BCUT2D eigenvalue weighted by atomic mass is 10.2. The Balaban J connectivity index is 2.14. The number of nitrogens with zero attached hydrogens (tertiary/aromatic N) is 4. The van der Waals surface area contributed by atoms with Crippen molar-refractivity contribution in [1.29, 1.82) is 0 Å². The van der Waals surface area contributed by atoms with Gasteiger partial charge in [-0.2, -0.15) is 5.10 Å². The van der Waals surface area contributed by atoms with Crippen LogP contribution in [0.3, 0.4) is 0 Å². The van der Waals surface area contributed by atoms with Crippen LogP contribution in [0.2, 0.25) is 0 Å². The number of amides is 1. The normalized spacial score (nSPS) is 16.7. The first-order valence-electron chi connectivity index (χ1n) is 6.70. The van der Waals surface area contributed by atoms with E-state index in [-0.39, 0.29) is 12.1 Å². The Morgan fingerprint density at radius 2 is 2.35 bits per heavy atom. The molecule has 106 valence electrons.